The number of nitrogens with zero attached hydrogens (tertiary/aromatic N) is 2. The molecule has 0 aliphatic heterocycles. The molecule has 5 heteroatoms. The number of aryl methyl sites for hydroxylation is 1. The van der Waals surface area contributed by atoms with Gasteiger partial charge in [-0.1, -0.05) is 6.92 Å². The number of nitrogens with one attached hydrogen (secondary N) is 2. The number of hydrogen-bond donors (Lipinski definition) is 2. The number of anilines is 3. The fraction of sp³-hybridized carbons (Fsp3) is 0.286. The van der Waals surface area contributed by atoms with Gasteiger partial charge in [0.15, 0.2) is 0 Å². The average Bonchev–Trinajstić information content (AvgIpc) is 2.41. The molecular formula is C14H17IN4. The Labute approximate surface area is 127 Å². The van der Waals surface area contributed by atoms with Crippen molar-refractivity contribution in [1.82, 2.24) is 9.97 Å². The van der Waals surface area contributed by atoms with Gasteiger partial charge in [-0.3, -0.25) is 0 Å². The smallest absolute Gasteiger partial charge is 0.136 e. The van der Waals surface area contributed by atoms with Crippen LogP contribution in [-0.2, 0) is 6.42 Å². The lowest BCUT2D eigenvalue weighted by Crippen LogP contribution is -2.03. The summed E-state index contributed by atoms with van der Waals surface area (Å²) in [6.45, 7) is 2.13. The van der Waals surface area contributed by atoms with Crippen LogP contribution in [0.4, 0.5) is 17.3 Å². The summed E-state index contributed by atoms with van der Waals surface area (Å²) in [5.74, 6) is 2.53. The van der Waals surface area contributed by atoms with Crippen LogP contribution >= 0.6 is 22.6 Å². The van der Waals surface area contributed by atoms with E-state index in [-0.39, 0.29) is 0 Å². The van der Waals surface area contributed by atoms with Crippen molar-refractivity contribution >= 4 is 39.9 Å². The number of hydrogen-bond acceptors (Lipinski definition) is 4. The highest BCUT2D eigenvalue weighted by Gasteiger charge is 2.03. The molecule has 0 saturated carbocycles. The van der Waals surface area contributed by atoms with Crippen LogP contribution in [0.3, 0.4) is 0 Å². The van der Waals surface area contributed by atoms with E-state index in [1.54, 1.807) is 0 Å². The maximum Gasteiger partial charge on any atom is 0.136 e. The van der Waals surface area contributed by atoms with Crippen LogP contribution in [0, 0.1) is 3.57 Å². The summed E-state index contributed by atoms with van der Waals surface area (Å²) in [7, 11) is 1.87. The largest absolute Gasteiger partial charge is 0.373 e. The highest BCUT2D eigenvalue weighted by atomic mass is 127. The third kappa shape index (κ3) is 4.05. The van der Waals surface area contributed by atoms with Crippen molar-refractivity contribution in [3.63, 3.8) is 0 Å². The van der Waals surface area contributed by atoms with Crippen molar-refractivity contribution in [2.24, 2.45) is 0 Å². The first-order valence-corrected chi connectivity index (χ1v) is 7.37. The predicted molar refractivity (Wildman–Crippen MR) is 88.0 cm³/mol. The molecule has 0 bridgehead atoms. The minimum Gasteiger partial charge on any atom is -0.373 e. The van der Waals surface area contributed by atoms with Crippen LogP contribution in [0.15, 0.2) is 30.3 Å². The molecule has 1 aromatic heterocycles. The van der Waals surface area contributed by atoms with Crippen LogP contribution in [0.5, 0.6) is 0 Å². The number of aromatic nitrogens is 2. The summed E-state index contributed by atoms with van der Waals surface area (Å²) in [6.07, 6.45) is 1.92. The molecule has 1 heterocycles. The van der Waals surface area contributed by atoms with Crippen LogP contribution in [0.2, 0.25) is 0 Å². The molecule has 1 aromatic carbocycles. The summed E-state index contributed by atoms with van der Waals surface area (Å²) in [6, 6.07) is 10.1. The molecule has 2 aromatic rings. The van der Waals surface area contributed by atoms with Gasteiger partial charge in [0, 0.05) is 28.8 Å². The van der Waals surface area contributed by atoms with E-state index >= 15 is 0 Å². The summed E-state index contributed by atoms with van der Waals surface area (Å²) < 4.78 is 1.22. The molecule has 0 amide bonds. The Balaban J connectivity index is 2.23. The third-order valence-electron chi connectivity index (χ3n) is 2.62. The summed E-state index contributed by atoms with van der Waals surface area (Å²) in [5, 5.41) is 6.38. The number of halogens is 1. The van der Waals surface area contributed by atoms with Gasteiger partial charge in [0.25, 0.3) is 0 Å². The summed E-state index contributed by atoms with van der Waals surface area (Å²) in [4.78, 5) is 8.96. The standard InChI is InChI=1S/C14H17IN4/c1-3-4-12-18-13(16-2)9-14(19-12)17-11-7-5-10(15)6-8-11/h5-9H,3-4H2,1-2H3,(H2,16,17,18,19). The van der Waals surface area contributed by atoms with E-state index in [1.807, 2.05) is 25.2 Å². The fourth-order valence-electron chi connectivity index (χ4n) is 1.71. The second kappa shape index (κ2) is 6.70. The zero-order valence-electron chi connectivity index (χ0n) is 11.1. The first kappa shape index (κ1) is 14.0. The van der Waals surface area contributed by atoms with E-state index in [0.29, 0.717) is 0 Å². The van der Waals surface area contributed by atoms with E-state index in [4.69, 9.17) is 0 Å². The maximum absolute atomic E-state index is 4.52. The van der Waals surface area contributed by atoms with Gasteiger partial charge in [0.1, 0.15) is 17.5 Å². The molecule has 100 valence electrons. The monoisotopic (exact) mass is 368 g/mol. The second-order valence-electron chi connectivity index (χ2n) is 4.19. The van der Waals surface area contributed by atoms with E-state index in [0.717, 1.165) is 36.0 Å². The normalized spacial score (nSPS) is 10.3. The lowest BCUT2D eigenvalue weighted by Gasteiger charge is -2.09. The highest BCUT2D eigenvalue weighted by molar-refractivity contribution is 14.1. The Hall–Kier alpha value is -1.37. The Morgan fingerprint density at radius 2 is 1.79 bits per heavy atom. The van der Waals surface area contributed by atoms with Crippen molar-refractivity contribution in [3.05, 3.63) is 39.7 Å². The molecule has 2 rings (SSSR count). The fourth-order valence-corrected chi connectivity index (χ4v) is 2.07. The van der Waals surface area contributed by atoms with Crippen molar-refractivity contribution in [2.75, 3.05) is 17.7 Å². The molecule has 0 spiro atoms. The zero-order valence-corrected chi connectivity index (χ0v) is 13.2. The Kier molecular flexibility index (Phi) is 4.95. The van der Waals surface area contributed by atoms with Crippen molar-refractivity contribution in [2.45, 2.75) is 19.8 Å². The quantitative estimate of drug-likeness (QED) is 0.788. The van der Waals surface area contributed by atoms with Gasteiger partial charge in [0.05, 0.1) is 0 Å². The molecule has 4 nitrogen and oxygen atoms in total. The Morgan fingerprint density at radius 3 is 2.42 bits per heavy atom. The lowest BCUT2D eigenvalue weighted by molar-refractivity contribution is 0.838. The lowest BCUT2D eigenvalue weighted by atomic mass is 10.3. The van der Waals surface area contributed by atoms with Gasteiger partial charge < -0.3 is 10.6 Å². The zero-order chi connectivity index (χ0) is 13.7. The van der Waals surface area contributed by atoms with Crippen LogP contribution < -0.4 is 10.6 Å². The van der Waals surface area contributed by atoms with Gasteiger partial charge in [-0.25, -0.2) is 9.97 Å². The SMILES string of the molecule is CCCc1nc(NC)cc(Nc2ccc(I)cc2)n1. The van der Waals surface area contributed by atoms with Gasteiger partial charge in [-0.2, -0.15) is 0 Å². The number of benzene rings is 1. The van der Waals surface area contributed by atoms with Crippen LogP contribution in [0.1, 0.15) is 19.2 Å². The molecule has 0 saturated heterocycles. The van der Waals surface area contributed by atoms with Crippen LogP contribution in [-0.4, -0.2) is 17.0 Å². The van der Waals surface area contributed by atoms with E-state index in [2.05, 4.69) is 62.2 Å². The van der Waals surface area contributed by atoms with Crippen LogP contribution in [0.25, 0.3) is 0 Å². The topological polar surface area (TPSA) is 49.8 Å². The molecule has 0 fully saturated rings. The molecular weight excluding hydrogens is 351 g/mol. The second-order valence-corrected chi connectivity index (χ2v) is 5.43. The molecule has 0 atom stereocenters. The maximum atomic E-state index is 4.52. The molecule has 0 aliphatic carbocycles. The first-order valence-electron chi connectivity index (χ1n) is 6.29. The van der Waals surface area contributed by atoms with E-state index < -0.39 is 0 Å². The van der Waals surface area contributed by atoms with Gasteiger partial charge in [0.2, 0.25) is 0 Å². The molecule has 0 unspecified atom stereocenters. The predicted octanol–water partition coefficient (Wildman–Crippen LogP) is 3.82. The minimum atomic E-state index is 0.823. The third-order valence-corrected chi connectivity index (χ3v) is 3.34. The van der Waals surface area contributed by atoms with Gasteiger partial charge in [-0.15, -0.1) is 0 Å². The first-order chi connectivity index (χ1) is 9.21. The number of rotatable bonds is 5. The molecule has 19 heavy (non-hydrogen) atoms. The molecule has 0 aliphatic rings. The Bertz CT molecular complexity index is 540. The van der Waals surface area contributed by atoms with Gasteiger partial charge >= 0.3 is 0 Å². The summed E-state index contributed by atoms with van der Waals surface area (Å²) in [5.41, 5.74) is 1.03. The Morgan fingerprint density at radius 1 is 1.11 bits per heavy atom. The van der Waals surface area contributed by atoms with E-state index in [1.165, 1.54) is 3.57 Å². The highest BCUT2D eigenvalue weighted by Crippen LogP contribution is 2.18. The van der Waals surface area contributed by atoms with E-state index in [9.17, 15) is 0 Å². The van der Waals surface area contributed by atoms with Crippen molar-refractivity contribution in [1.29, 1.82) is 0 Å². The minimum absolute atomic E-state index is 0.823. The average molecular weight is 368 g/mol. The van der Waals surface area contributed by atoms with Crippen molar-refractivity contribution in [3.8, 4) is 0 Å². The molecule has 2 N–H and O–H groups in total. The summed E-state index contributed by atoms with van der Waals surface area (Å²) >= 11 is 2.29. The molecule has 0 radical (unpaired) electrons. The van der Waals surface area contributed by atoms with Crippen molar-refractivity contribution < 1.29 is 0 Å². The van der Waals surface area contributed by atoms with Gasteiger partial charge in [-0.05, 0) is 53.3 Å².